The molecule has 0 radical (unpaired) electrons. The first-order chi connectivity index (χ1) is 8.31. The normalized spacial score (nSPS) is 10.6. The maximum absolute atomic E-state index is 11.2. The lowest BCUT2D eigenvalue weighted by molar-refractivity contribution is -0.528. The molecule has 0 atom stereocenters. The number of anilines is 2. The van der Waals surface area contributed by atoms with Crippen molar-refractivity contribution in [2.75, 3.05) is 5.32 Å². The molecule has 0 aliphatic rings. The molecule has 0 spiro atoms. The van der Waals surface area contributed by atoms with Crippen molar-refractivity contribution in [3.8, 4) is 0 Å². The van der Waals surface area contributed by atoms with Gasteiger partial charge in [-0.3, -0.25) is 4.98 Å². The average Bonchev–Trinajstić information content (AvgIpc) is 2.70. The molecule has 2 aromatic heterocycles. The van der Waals surface area contributed by atoms with Crippen molar-refractivity contribution in [3.63, 3.8) is 0 Å². The van der Waals surface area contributed by atoms with Crippen LogP contribution in [0.1, 0.15) is 0 Å². The Kier molecular flexibility index (Phi) is 2.38. The minimum atomic E-state index is 0.862. The van der Waals surface area contributed by atoms with Gasteiger partial charge in [-0.1, -0.05) is 0 Å². The molecule has 5 heteroatoms. The number of hydrogen-bond donors (Lipinski definition) is 1. The Morgan fingerprint density at radius 3 is 2.76 bits per heavy atom. The third-order valence-corrected chi connectivity index (χ3v) is 3.27. The van der Waals surface area contributed by atoms with Gasteiger partial charge in [0.2, 0.25) is 6.20 Å². The van der Waals surface area contributed by atoms with Gasteiger partial charge in [-0.15, -0.1) is 4.12 Å². The zero-order valence-corrected chi connectivity index (χ0v) is 9.65. The highest BCUT2D eigenvalue weighted by Crippen LogP contribution is 2.23. The maximum Gasteiger partial charge on any atom is 0.204 e. The van der Waals surface area contributed by atoms with Crippen molar-refractivity contribution in [3.05, 3.63) is 54.1 Å². The van der Waals surface area contributed by atoms with Gasteiger partial charge in [-0.25, -0.2) is 0 Å². The molecule has 3 rings (SSSR count). The summed E-state index contributed by atoms with van der Waals surface area (Å²) in [6, 6.07) is 9.65. The summed E-state index contributed by atoms with van der Waals surface area (Å²) in [5.41, 5.74) is 1.94. The largest absolute Gasteiger partial charge is 0.606 e. The van der Waals surface area contributed by atoms with Gasteiger partial charge in [0.25, 0.3) is 0 Å². The monoisotopic (exact) mass is 243 g/mol. The third kappa shape index (κ3) is 2.05. The SMILES string of the molecule is [O-][n+]1cc2cc(Nc3ccncc3)ccc2s1. The summed E-state index contributed by atoms with van der Waals surface area (Å²) in [6.07, 6.45) is 5.05. The van der Waals surface area contributed by atoms with E-state index in [1.54, 1.807) is 18.6 Å². The van der Waals surface area contributed by atoms with E-state index in [1.807, 2.05) is 30.3 Å². The number of pyridine rings is 1. The van der Waals surface area contributed by atoms with Gasteiger partial charge in [0.05, 0.1) is 5.39 Å². The Morgan fingerprint density at radius 1 is 1.12 bits per heavy atom. The van der Waals surface area contributed by atoms with E-state index in [0.717, 1.165) is 25.6 Å². The zero-order valence-electron chi connectivity index (χ0n) is 8.83. The van der Waals surface area contributed by atoms with Crippen molar-refractivity contribution < 1.29 is 4.12 Å². The smallest absolute Gasteiger partial charge is 0.204 e. The molecule has 84 valence electrons. The van der Waals surface area contributed by atoms with Crippen LogP contribution in [0.3, 0.4) is 0 Å². The number of rotatable bonds is 2. The van der Waals surface area contributed by atoms with Crippen LogP contribution in [0.4, 0.5) is 11.4 Å². The van der Waals surface area contributed by atoms with Gasteiger partial charge in [0.15, 0.2) is 11.5 Å². The molecule has 1 aromatic carbocycles. The highest BCUT2D eigenvalue weighted by Gasteiger charge is 2.05. The highest BCUT2D eigenvalue weighted by molar-refractivity contribution is 7.09. The summed E-state index contributed by atoms with van der Waals surface area (Å²) in [4.78, 5) is 3.96. The van der Waals surface area contributed by atoms with Crippen LogP contribution in [0.15, 0.2) is 48.9 Å². The minimum Gasteiger partial charge on any atom is -0.606 e. The molecular weight excluding hydrogens is 234 g/mol. The Hall–Kier alpha value is -2.14. The fraction of sp³-hybridized carbons (Fsp3) is 0. The van der Waals surface area contributed by atoms with Crippen LogP contribution in [-0.4, -0.2) is 4.98 Å². The van der Waals surface area contributed by atoms with Crippen molar-refractivity contribution in [2.24, 2.45) is 0 Å². The molecule has 0 fully saturated rings. The van der Waals surface area contributed by atoms with Crippen LogP contribution in [0.25, 0.3) is 10.1 Å². The summed E-state index contributed by atoms with van der Waals surface area (Å²) >= 11 is 1.19. The molecule has 3 aromatic rings. The summed E-state index contributed by atoms with van der Waals surface area (Å²) in [7, 11) is 0. The molecule has 0 bridgehead atoms. The van der Waals surface area contributed by atoms with Crippen LogP contribution in [0, 0.1) is 5.21 Å². The lowest BCUT2D eigenvalue weighted by Crippen LogP contribution is -2.16. The van der Waals surface area contributed by atoms with Gasteiger partial charge in [0.1, 0.15) is 4.70 Å². The first kappa shape index (κ1) is 10.0. The van der Waals surface area contributed by atoms with E-state index in [4.69, 9.17) is 0 Å². The second-order valence-corrected chi connectivity index (χ2v) is 4.60. The van der Waals surface area contributed by atoms with Gasteiger partial charge in [0, 0.05) is 23.8 Å². The molecule has 0 aliphatic carbocycles. The number of hydrogen-bond acceptors (Lipinski definition) is 4. The summed E-state index contributed by atoms with van der Waals surface area (Å²) in [6.45, 7) is 0. The second kappa shape index (κ2) is 4.03. The van der Waals surface area contributed by atoms with Crippen LogP contribution >= 0.6 is 11.5 Å². The first-order valence-electron chi connectivity index (χ1n) is 5.11. The Bertz CT molecular complexity index is 651. The van der Waals surface area contributed by atoms with E-state index in [0.29, 0.717) is 0 Å². The van der Waals surface area contributed by atoms with E-state index in [9.17, 15) is 5.21 Å². The minimum absolute atomic E-state index is 0.862. The predicted molar refractivity (Wildman–Crippen MR) is 68.3 cm³/mol. The number of nitrogens with one attached hydrogen (secondary N) is 1. The maximum atomic E-state index is 11.2. The van der Waals surface area contributed by atoms with Crippen molar-refractivity contribution in [1.82, 2.24) is 4.98 Å². The molecule has 4 nitrogen and oxygen atoms in total. The van der Waals surface area contributed by atoms with Crippen LogP contribution < -0.4 is 9.44 Å². The van der Waals surface area contributed by atoms with Gasteiger partial charge in [-0.2, -0.15) is 0 Å². The fourth-order valence-electron chi connectivity index (χ4n) is 1.65. The van der Waals surface area contributed by atoms with Gasteiger partial charge >= 0.3 is 0 Å². The van der Waals surface area contributed by atoms with Crippen LogP contribution in [0.5, 0.6) is 0 Å². The average molecular weight is 243 g/mol. The summed E-state index contributed by atoms with van der Waals surface area (Å²) < 4.78 is 1.85. The highest BCUT2D eigenvalue weighted by atomic mass is 32.1. The van der Waals surface area contributed by atoms with Crippen molar-refractivity contribution in [2.45, 2.75) is 0 Å². The predicted octanol–water partition coefficient (Wildman–Crippen LogP) is 2.67. The van der Waals surface area contributed by atoms with E-state index in [1.165, 1.54) is 11.5 Å². The Balaban J connectivity index is 1.95. The second-order valence-electron chi connectivity index (χ2n) is 3.62. The van der Waals surface area contributed by atoms with E-state index >= 15 is 0 Å². The number of benzene rings is 1. The standard InChI is InChI=1S/C12H9N3OS/c16-15-8-9-7-11(1-2-12(9)17-15)14-10-3-5-13-6-4-10/h1-8H,(H,13,14). The lowest BCUT2D eigenvalue weighted by Gasteiger charge is -2.04. The Labute approximate surface area is 102 Å². The van der Waals surface area contributed by atoms with E-state index in [-0.39, 0.29) is 0 Å². The fourth-order valence-corrected chi connectivity index (χ4v) is 2.36. The molecule has 1 N–H and O–H groups in total. The first-order valence-corrected chi connectivity index (χ1v) is 5.89. The molecule has 0 saturated carbocycles. The number of fused-ring (bicyclic) bond motifs is 1. The topological polar surface area (TPSA) is 51.9 Å². The number of aromatic nitrogens is 2. The number of nitrogens with zero attached hydrogens (tertiary/aromatic N) is 2. The molecule has 0 amide bonds. The molecule has 0 unspecified atom stereocenters. The zero-order chi connectivity index (χ0) is 11.7. The summed E-state index contributed by atoms with van der Waals surface area (Å²) in [5, 5.41) is 15.4. The lowest BCUT2D eigenvalue weighted by atomic mass is 10.2. The van der Waals surface area contributed by atoms with E-state index < -0.39 is 0 Å². The van der Waals surface area contributed by atoms with Crippen LogP contribution in [0.2, 0.25) is 0 Å². The van der Waals surface area contributed by atoms with E-state index in [2.05, 4.69) is 10.3 Å². The molecule has 0 aliphatic heterocycles. The van der Waals surface area contributed by atoms with Crippen LogP contribution in [-0.2, 0) is 0 Å². The molecule has 17 heavy (non-hydrogen) atoms. The Morgan fingerprint density at radius 2 is 1.94 bits per heavy atom. The molecule has 0 saturated heterocycles. The van der Waals surface area contributed by atoms with Gasteiger partial charge in [-0.05, 0) is 30.3 Å². The third-order valence-electron chi connectivity index (χ3n) is 2.41. The molecular formula is C12H9N3OS. The van der Waals surface area contributed by atoms with Crippen molar-refractivity contribution in [1.29, 1.82) is 0 Å². The summed E-state index contributed by atoms with van der Waals surface area (Å²) in [5.74, 6) is 0. The van der Waals surface area contributed by atoms with Gasteiger partial charge < -0.3 is 10.5 Å². The quantitative estimate of drug-likeness (QED) is 0.556. The van der Waals surface area contributed by atoms with Crippen molar-refractivity contribution >= 4 is 33.0 Å². The molecule has 2 heterocycles.